The van der Waals surface area contributed by atoms with Gasteiger partial charge in [-0.15, -0.1) is 11.3 Å². The van der Waals surface area contributed by atoms with Crippen LogP contribution in [0.4, 0.5) is 4.79 Å². The van der Waals surface area contributed by atoms with Crippen molar-refractivity contribution in [2.24, 2.45) is 5.73 Å². The Morgan fingerprint density at radius 1 is 1.21 bits per heavy atom. The lowest BCUT2D eigenvalue weighted by molar-refractivity contribution is -0.133. The van der Waals surface area contributed by atoms with Gasteiger partial charge in [-0.2, -0.15) is 0 Å². The molecule has 0 aliphatic carbocycles. The van der Waals surface area contributed by atoms with Crippen LogP contribution in [0.2, 0.25) is 0 Å². The number of primary amides is 1. The third-order valence-electron chi connectivity index (χ3n) is 3.70. The van der Waals surface area contributed by atoms with Gasteiger partial charge in [0.25, 0.3) is 0 Å². The molecular weight excluding hydrogens is 322 g/mol. The SMILES string of the molecule is Cc1ccc(CN(CCc2ccccc2)C(=O)[C@H](C)NC(N)=O)s1. The van der Waals surface area contributed by atoms with Gasteiger partial charge >= 0.3 is 6.03 Å². The van der Waals surface area contributed by atoms with Gasteiger partial charge in [0, 0.05) is 16.3 Å². The lowest BCUT2D eigenvalue weighted by atomic mass is 10.1. The second-order valence-corrected chi connectivity index (χ2v) is 7.11. The first-order valence-electron chi connectivity index (χ1n) is 7.89. The maximum absolute atomic E-state index is 12.7. The average Bonchev–Trinajstić information content (AvgIpc) is 2.96. The Balaban J connectivity index is 2.07. The summed E-state index contributed by atoms with van der Waals surface area (Å²) in [5, 5.41) is 2.46. The number of hydrogen-bond acceptors (Lipinski definition) is 3. The van der Waals surface area contributed by atoms with Gasteiger partial charge in [-0.1, -0.05) is 30.3 Å². The highest BCUT2D eigenvalue weighted by molar-refractivity contribution is 7.11. The van der Waals surface area contributed by atoms with E-state index in [1.54, 1.807) is 23.2 Å². The standard InChI is InChI=1S/C18H23N3O2S/c1-13-8-9-16(24-13)12-21(17(22)14(2)20-18(19)23)11-10-15-6-4-3-5-7-15/h3-9,14H,10-12H2,1-2H3,(H3,19,20,23)/t14-/m0/s1. The molecule has 0 spiro atoms. The highest BCUT2D eigenvalue weighted by Crippen LogP contribution is 2.18. The zero-order chi connectivity index (χ0) is 17.5. The fourth-order valence-electron chi connectivity index (χ4n) is 2.48. The molecule has 3 amide bonds. The van der Waals surface area contributed by atoms with E-state index >= 15 is 0 Å². The molecule has 0 saturated carbocycles. The predicted octanol–water partition coefficient (Wildman–Crippen LogP) is 2.68. The molecule has 0 bridgehead atoms. The Labute approximate surface area is 146 Å². The van der Waals surface area contributed by atoms with Crippen molar-refractivity contribution in [2.75, 3.05) is 6.54 Å². The summed E-state index contributed by atoms with van der Waals surface area (Å²) in [4.78, 5) is 27.8. The first kappa shape index (κ1) is 18.0. The van der Waals surface area contributed by atoms with Gasteiger partial charge in [0.2, 0.25) is 5.91 Å². The van der Waals surface area contributed by atoms with E-state index in [1.165, 1.54) is 10.4 Å². The van der Waals surface area contributed by atoms with E-state index in [4.69, 9.17) is 5.73 Å². The topological polar surface area (TPSA) is 75.4 Å². The van der Waals surface area contributed by atoms with Crippen molar-refractivity contribution in [1.29, 1.82) is 0 Å². The number of aryl methyl sites for hydroxylation is 1. The second kappa shape index (κ2) is 8.49. The van der Waals surface area contributed by atoms with Gasteiger partial charge in [0.1, 0.15) is 6.04 Å². The summed E-state index contributed by atoms with van der Waals surface area (Å²) in [7, 11) is 0. The summed E-state index contributed by atoms with van der Waals surface area (Å²) in [6.07, 6.45) is 0.764. The minimum atomic E-state index is -0.689. The van der Waals surface area contributed by atoms with Crippen LogP contribution in [0.1, 0.15) is 22.2 Å². The second-order valence-electron chi connectivity index (χ2n) is 5.74. The Kier molecular flexibility index (Phi) is 6.37. The Morgan fingerprint density at radius 3 is 2.50 bits per heavy atom. The largest absolute Gasteiger partial charge is 0.352 e. The number of carbonyl (C=O) groups is 2. The van der Waals surface area contributed by atoms with E-state index in [9.17, 15) is 9.59 Å². The predicted molar refractivity (Wildman–Crippen MR) is 96.8 cm³/mol. The van der Waals surface area contributed by atoms with Crippen molar-refractivity contribution in [1.82, 2.24) is 10.2 Å². The summed E-state index contributed by atoms with van der Waals surface area (Å²) in [6.45, 7) is 4.82. The molecule has 2 rings (SSSR count). The van der Waals surface area contributed by atoms with E-state index in [1.807, 2.05) is 49.4 Å². The molecule has 128 valence electrons. The maximum Gasteiger partial charge on any atom is 0.312 e. The number of carbonyl (C=O) groups excluding carboxylic acids is 2. The molecule has 0 unspecified atom stereocenters. The van der Waals surface area contributed by atoms with Crippen molar-refractivity contribution >= 4 is 23.3 Å². The van der Waals surface area contributed by atoms with Crippen LogP contribution < -0.4 is 11.1 Å². The first-order chi connectivity index (χ1) is 11.5. The molecule has 3 N–H and O–H groups in total. The monoisotopic (exact) mass is 345 g/mol. The highest BCUT2D eigenvalue weighted by atomic mass is 32.1. The van der Waals surface area contributed by atoms with E-state index in [-0.39, 0.29) is 5.91 Å². The summed E-state index contributed by atoms with van der Waals surface area (Å²) >= 11 is 1.67. The zero-order valence-corrected chi connectivity index (χ0v) is 14.8. The molecule has 5 nitrogen and oxygen atoms in total. The van der Waals surface area contributed by atoms with Crippen LogP contribution in [0, 0.1) is 6.92 Å². The van der Waals surface area contributed by atoms with Crippen LogP contribution >= 0.6 is 11.3 Å². The lowest BCUT2D eigenvalue weighted by Crippen LogP contribution is -2.48. The fraction of sp³-hybridized carbons (Fsp3) is 0.333. The maximum atomic E-state index is 12.7. The molecule has 0 aliphatic heterocycles. The van der Waals surface area contributed by atoms with Crippen molar-refractivity contribution in [3.8, 4) is 0 Å². The Bertz CT molecular complexity index is 685. The third kappa shape index (κ3) is 5.38. The Morgan fingerprint density at radius 2 is 1.92 bits per heavy atom. The molecule has 1 heterocycles. The molecule has 0 fully saturated rings. The van der Waals surface area contributed by atoms with E-state index in [0.717, 1.165) is 11.3 Å². The summed E-state index contributed by atoms with van der Waals surface area (Å²) < 4.78 is 0. The van der Waals surface area contributed by atoms with Crippen molar-refractivity contribution < 1.29 is 9.59 Å². The zero-order valence-electron chi connectivity index (χ0n) is 14.0. The minimum Gasteiger partial charge on any atom is -0.352 e. The number of rotatable bonds is 7. The van der Waals surface area contributed by atoms with Crippen molar-refractivity contribution in [3.05, 3.63) is 57.8 Å². The molecule has 0 saturated heterocycles. The first-order valence-corrected chi connectivity index (χ1v) is 8.71. The number of thiophene rings is 1. The Hall–Kier alpha value is -2.34. The number of nitrogens with zero attached hydrogens (tertiary/aromatic N) is 1. The lowest BCUT2D eigenvalue weighted by Gasteiger charge is -2.25. The van der Waals surface area contributed by atoms with Crippen LogP contribution in [-0.4, -0.2) is 29.4 Å². The average molecular weight is 345 g/mol. The van der Waals surface area contributed by atoms with E-state index in [0.29, 0.717) is 13.1 Å². The number of urea groups is 1. The van der Waals surface area contributed by atoms with Gasteiger partial charge in [0.15, 0.2) is 0 Å². The fourth-order valence-corrected chi connectivity index (χ4v) is 3.39. The van der Waals surface area contributed by atoms with Gasteiger partial charge < -0.3 is 16.0 Å². The van der Waals surface area contributed by atoms with Crippen LogP contribution in [0.3, 0.4) is 0 Å². The molecule has 0 radical (unpaired) electrons. The molecule has 2 aromatic rings. The summed E-state index contributed by atoms with van der Waals surface area (Å²) in [5.74, 6) is -0.129. The molecule has 1 atom stereocenters. The minimum absolute atomic E-state index is 0.129. The van der Waals surface area contributed by atoms with E-state index < -0.39 is 12.1 Å². The molecule has 1 aromatic carbocycles. The van der Waals surface area contributed by atoms with Crippen LogP contribution in [0.5, 0.6) is 0 Å². The summed E-state index contributed by atoms with van der Waals surface area (Å²) in [6, 6.07) is 12.8. The number of hydrogen-bond donors (Lipinski definition) is 2. The van der Waals surface area contributed by atoms with Gasteiger partial charge in [-0.3, -0.25) is 4.79 Å². The van der Waals surface area contributed by atoms with Crippen molar-refractivity contribution in [2.45, 2.75) is 32.9 Å². The third-order valence-corrected chi connectivity index (χ3v) is 4.68. The number of amides is 3. The normalized spacial score (nSPS) is 11.8. The van der Waals surface area contributed by atoms with Gasteiger partial charge in [0.05, 0.1) is 6.54 Å². The van der Waals surface area contributed by atoms with E-state index in [2.05, 4.69) is 5.32 Å². The van der Waals surface area contributed by atoms with Crippen LogP contribution in [0.25, 0.3) is 0 Å². The molecule has 24 heavy (non-hydrogen) atoms. The highest BCUT2D eigenvalue weighted by Gasteiger charge is 2.22. The number of nitrogens with two attached hydrogens (primary N) is 1. The molecular formula is C18H23N3O2S. The summed E-state index contributed by atoms with van der Waals surface area (Å²) in [5.41, 5.74) is 6.31. The van der Waals surface area contributed by atoms with Crippen LogP contribution in [0.15, 0.2) is 42.5 Å². The van der Waals surface area contributed by atoms with Gasteiger partial charge in [-0.05, 0) is 38.0 Å². The quantitative estimate of drug-likeness (QED) is 0.809. The molecule has 0 aliphatic rings. The number of nitrogens with one attached hydrogen (secondary N) is 1. The van der Waals surface area contributed by atoms with Gasteiger partial charge in [-0.25, -0.2) is 4.79 Å². The van der Waals surface area contributed by atoms with Crippen LogP contribution in [-0.2, 0) is 17.8 Å². The molecule has 1 aromatic heterocycles. The smallest absolute Gasteiger partial charge is 0.312 e. The number of benzene rings is 1. The molecule has 6 heteroatoms. The van der Waals surface area contributed by atoms with Crippen molar-refractivity contribution in [3.63, 3.8) is 0 Å².